The van der Waals surface area contributed by atoms with Crippen molar-refractivity contribution in [3.05, 3.63) is 64.8 Å². The second-order valence-corrected chi connectivity index (χ2v) is 5.96. The minimum absolute atomic E-state index is 0.0723. The quantitative estimate of drug-likeness (QED) is 0.759. The number of amides is 1. The summed E-state index contributed by atoms with van der Waals surface area (Å²) in [7, 11) is 0. The predicted molar refractivity (Wildman–Crippen MR) is 96.8 cm³/mol. The van der Waals surface area contributed by atoms with Gasteiger partial charge in [-0.25, -0.2) is 0 Å². The van der Waals surface area contributed by atoms with Crippen molar-refractivity contribution in [2.24, 2.45) is 0 Å². The minimum Gasteiger partial charge on any atom is -0.484 e. The average Bonchev–Trinajstić information content (AvgIpc) is 2.58. The lowest BCUT2D eigenvalue weighted by Crippen LogP contribution is -2.20. The lowest BCUT2D eigenvalue weighted by molar-refractivity contribution is -0.118. The molecule has 2 aromatic carbocycles. The molecule has 0 unspecified atom stereocenters. The van der Waals surface area contributed by atoms with Crippen LogP contribution in [-0.4, -0.2) is 17.5 Å². The van der Waals surface area contributed by atoms with Gasteiger partial charge in [-0.3, -0.25) is 9.78 Å². The van der Waals surface area contributed by atoms with Gasteiger partial charge in [0.1, 0.15) is 5.75 Å². The summed E-state index contributed by atoms with van der Waals surface area (Å²) in [6, 6.07) is 13.0. The molecule has 0 atom stereocenters. The van der Waals surface area contributed by atoms with Crippen molar-refractivity contribution in [3.8, 4) is 5.75 Å². The number of hydrogen-bond donors (Lipinski definition) is 1. The molecule has 0 aliphatic rings. The summed E-state index contributed by atoms with van der Waals surface area (Å²) in [6.07, 6.45) is 1.72. The normalized spacial score (nSPS) is 10.6. The summed E-state index contributed by atoms with van der Waals surface area (Å²) < 4.78 is 5.58. The number of nitrogens with zero attached hydrogens (tertiary/aromatic N) is 1. The highest BCUT2D eigenvalue weighted by atomic mass is 35.5. The van der Waals surface area contributed by atoms with E-state index in [0.717, 1.165) is 32.7 Å². The van der Waals surface area contributed by atoms with Crippen LogP contribution in [0.25, 0.3) is 10.9 Å². The van der Waals surface area contributed by atoms with Crippen LogP contribution in [0.3, 0.4) is 0 Å². The molecule has 0 aliphatic heterocycles. The average molecular weight is 341 g/mol. The van der Waals surface area contributed by atoms with Crippen LogP contribution in [0, 0.1) is 13.8 Å². The van der Waals surface area contributed by atoms with E-state index in [1.165, 1.54) is 0 Å². The first-order chi connectivity index (χ1) is 11.5. The molecule has 0 aliphatic carbocycles. The number of anilines is 1. The van der Waals surface area contributed by atoms with E-state index in [0.29, 0.717) is 5.75 Å². The number of hydrogen-bond acceptors (Lipinski definition) is 3. The van der Waals surface area contributed by atoms with Crippen molar-refractivity contribution < 1.29 is 9.53 Å². The van der Waals surface area contributed by atoms with E-state index in [4.69, 9.17) is 16.3 Å². The van der Waals surface area contributed by atoms with Crippen LogP contribution in [0.15, 0.2) is 48.7 Å². The fourth-order valence-electron chi connectivity index (χ4n) is 2.54. The van der Waals surface area contributed by atoms with Gasteiger partial charge in [-0.15, -0.1) is 0 Å². The Balaban J connectivity index is 1.70. The summed E-state index contributed by atoms with van der Waals surface area (Å²) in [5, 5.41) is 4.48. The number of ether oxygens (including phenoxy) is 1. The number of aromatic nitrogens is 1. The number of carbonyl (C=O) groups is 1. The Morgan fingerprint density at radius 2 is 1.92 bits per heavy atom. The standard InChI is InChI=1S/C19H17ClN2O2/c1-12-9-14(10-13(2)19(12)20)24-11-18(23)22-17-7-3-6-16-15(17)5-4-8-21-16/h3-10H,11H2,1-2H3,(H,22,23). The number of halogens is 1. The Morgan fingerprint density at radius 3 is 2.67 bits per heavy atom. The smallest absolute Gasteiger partial charge is 0.262 e. The van der Waals surface area contributed by atoms with E-state index in [1.807, 2.05) is 56.3 Å². The number of carbonyl (C=O) groups excluding carboxylic acids is 1. The SMILES string of the molecule is Cc1cc(OCC(=O)Nc2cccc3ncccc23)cc(C)c1Cl. The molecule has 0 saturated heterocycles. The van der Waals surface area contributed by atoms with Gasteiger partial charge < -0.3 is 10.1 Å². The summed E-state index contributed by atoms with van der Waals surface area (Å²) in [6.45, 7) is 3.74. The van der Waals surface area contributed by atoms with E-state index in [2.05, 4.69) is 10.3 Å². The monoisotopic (exact) mass is 340 g/mol. The van der Waals surface area contributed by atoms with Gasteiger partial charge in [-0.2, -0.15) is 0 Å². The Bertz CT molecular complexity index is 881. The molecule has 122 valence electrons. The van der Waals surface area contributed by atoms with Crippen molar-refractivity contribution >= 4 is 34.1 Å². The Labute approximate surface area is 145 Å². The lowest BCUT2D eigenvalue weighted by atomic mass is 10.1. The zero-order chi connectivity index (χ0) is 17.1. The molecule has 4 nitrogen and oxygen atoms in total. The van der Waals surface area contributed by atoms with Crippen LogP contribution in [0.4, 0.5) is 5.69 Å². The van der Waals surface area contributed by atoms with Gasteiger partial charge in [0.05, 0.1) is 11.2 Å². The van der Waals surface area contributed by atoms with Crippen molar-refractivity contribution in [1.82, 2.24) is 4.98 Å². The van der Waals surface area contributed by atoms with E-state index in [-0.39, 0.29) is 12.5 Å². The number of nitrogens with one attached hydrogen (secondary N) is 1. The summed E-state index contributed by atoms with van der Waals surface area (Å²) >= 11 is 6.13. The number of benzene rings is 2. The Kier molecular flexibility index (Phi) is 4.67. The maximum absolute atomic E-state index is 12.2. The van der Waals surface area contributed by atoms with Crippen molar-refractivity contribution in [3.63, 3.8) is 0 Å². The summed E-state index contributed by atoms with van der Waals surface area (Å²) in [4.78, 5) is 16.5. The second-order valence-electron chi connectivity index (χ2n) is 5.58. The van der Waals surface area contributed by atoms with Gasteiger partial charge in [0.25, 0.3) is 5.91 Å². The third kappa shape index (κ3) is 3.49. The highest BCUT2D eigenvalue weighted by Crippen LogP contribution is 2.26. The van der Waals surface area contributed by atoms with Gasteiger partial charge in [0.2, 0.25) is 0 Å². The number of rotatable bonds is 4. The Morgan fingerprint density at radius 1 is 1.17 bits per heavy atom. The third-order valence-corrected chi connectivity index (χ3v) is 4.30. The van der Waals surface area contributed by atoms with Crippen molar-refractivity contribution in [1.29, 1.82) is 0 Å². The molecule has 0 fully saturated rings. The van der Waals surface area contributed by atoms with Crippen molar-refractivity contribution in [2.45, 2.75) is 13.8 Å². The zero-order valence-corrected chi connectivity index (χ0v) is 14.2. The van der Waals surface area contributed by atoms with Crippen LogP contribution in [0.5, 0.6) is 5.75 Å². The number of aryl methyl sites for hydroxylation is 2. The van der Waals surface area contributed by atoms with Gasteiger partial charge in [-0.1, -0.05) is 17.7 Å². The molecule has 0 spiro atoms. The molecule has 5 heteroatoms. The maximum atomic E-state index is 12.2. The highest BCUT2D eigenvalue weighted by molar-refractivity contribution is 6.32. The highest BCUT2D eigenvalue weighted by Gasteiger charge is 2.09. The van der Waals surface area contributed by atoms with Crippen LogP contribution >= 0.6 is 11.6 Å². The van der Waals surface area contributed by atoms with Crippen molar-refractivity contribution in [2.75, 3.05) is 11.9 Å². The van der Waals surface area contributed by atoms with Crippen LogP contribution < -0.4 is 10.1 Å². The molecule has 1 aromatic heterocycles. The predicted octanol–water partition coefficient (Wildman–Crippen LogP) is 4.52. The molecular weight excluding hydrogens is 324 g/mol. The van der Waals surface area contributed by atoms with E-state index in [1.54, 1.807) is 6.20 Å². The molecular formula is C19H17ClN2O2. The molecule has 1 N–H and O–H groups in total. The molecule has 1 amide bonds. The van der Waals surface area contributed by atoms with Gasteiger partial charge in [-0.05, 0) is 61.4 Å². The van der Waals surface area contributed by atoms with E-state index >= 15 is 0 Å². The topological polar surface area (TPSA) is 51.2 Å². The fraction of sp³-hybridized carbons (Fsp3) is 0.158. The first kappa shape index (κ1) is 16.3. The van der Waals surface area contributed by atoms with E-state index < -0.39 is 0 Å². The summed E-state index contributed by atoms with van der Waals surface area (Å²) in [5.74, 6) is 0.403. The molecule has 0 saturated carbocycles. The lowest BCUT2D eigenvalue weighted by Gasteiger charge is -2.11. The first-order valence-electron chi connectivity index (χ1n) is 7.58. The maximum Gasteiger partial charge on any atom is 0.262 e. The van der Waals surface area contributed by atoms with Gasteiger partial charge in [0, 0.05) is 16.6 Å². The Hall–Kier alpha value is -2.59. The van der Waals surface area contributed by atoms with Crippen LogP contribution in [0.2, 0.25) is 5.02 Å². The number of pyridine rings is 1. The minimum atomic E-state index is -0.225. The molecule has 0 radical (unpaired) electrons. The summed E-state index contributed by atoms with van der Waals surface area (Å²) in [5.41, 5.74) is 3.40. The van der Waals surface area contributed by atoms with Gasteiger partial charge >= 0.3 is 0 Å². The van der Waals surface area contributed by atoms with Crippen LogP contribution in [0.1, 0.15) is 11.1 Å². The molecule has 3 rings (SSSR count). The largest absolute Gasteiger partial charge is 0.484 e. The van der Waals surface area contributed by atoms with Crippen LogP contribution in [-0.2, 0) is 4.79 Å². The van der Waals surface area contributed by atoms with Gasteiger partial charge in [0.15, 0.2) is 6.61 Å². The second kappa shape index (κ2) is 6.89. The molecule has 24 heavy (non-hydrogen) atoms. The first-order valence-corrected chi connectivity index (χ1v) is 7.95. The molecule has 3 aromatic rings. The molecule has 1 heterocycles. The third-order valence-electron chi connectivity index (χ3n) is 3.70. The number of fused-ring (bicyclic) bond motifs is 1. The fourth-order valence-corrected chi connectivity index (χ4v) is 2.65. The van der Waals surface area contributed by atoms with E-state index in [9.17, 15) is 4.79 Å². The zero-order valence-electron chi connectivity index (χ0n) is 13.5. The molecule has 0 bridgehead atoms.